The third-order valence-corrected chi connectivity index (χ3v) is 10.2. The molecule has 270 valence electrons. The summed E-state index contributed by atoms with van der Waals surface area (Å²) in [6.07, 6.45) is 0.462. The standard InChI is InChI=1S/C36H56N3O9/c1-31(2)16-25(17-32(3,4)37(31)43)46-28(40)22-13-23(29(41)47-26-18-33(5,6)38(44)34(7,8)19-26)15-24(14-22)30(42)48-27-20-35(9,10)39(45)36(11,12)21-27/h13-15,25-27,43-44H,16-21H2,1-12H3/q-1. The van der Waals surface area contributed by atoms with Crippen molar-refractivity contribution in [1.82, 2.24) is 15.2 Å². The van der Waals surface area contributed by atoms with Gasteiger partial charge < -0.3 is 34.9 Å². The van der Waals surface area contributed by atoms with E-state index < -0.39 is 69.5 Å². The molecule has 0 unspecified atom stereocenters. The molecule has 3 saturated heterocycles. The Morgan fingerprint density at radius 1 is 0.521 bits per heavy atom. The zero-order valence-electron chi connectivity index (χ0n) is 30.8. The molecule has 0 atom stereocenters. The van der Waals surface area contributed by atoms with E-state index in [0.717, 1.165) is 5.06 Å². The summed E-state index contributed by atoms with van der Waals surface area (Å²) < 4.78 is 17.8. The minimum atomic E-state index is -0.773. The number of ether oxygens (including phenoxy) is 3. The van der Waals surface area contributed by atoms with Gasteiger partial charge >= 0.3 is 17.9 Å². The lowest BCUT2D eigenvalue weighted by Crippen LogP contribution is -2.60. The zero-order valence-corrected chi connectivity index (χ0v) is 30.8. The van der Waals surface area contributed by atoms with Gasteiger partial charge in [-0.25, -0.2) is 14.4 Å². The topological polar surface area (TPSA) is 152 Å². The second-order valence-corrected chi connectivity index (χ2v) is 17.9. The van der Waals surface area contributed by atoms with Gasteiger partial charge in [0.25, 0.3) is 0 Å². The van der Waals surface area contributed by atoms with E-state index in [1.807, 2.05) is 55.4 Å². The Labute approximate surface area is 285 Å². The first-order valence-corrected chi connectivity index (χ1v) is 16.9. The highest BCUT2D eigenvalue weighted by molar-refractivity contribution is 6.00. The van der Waals surface area contributed by atoms with Crippen LogP contribution in [0.2, 0.25) is 0 Å². The molecule has 3 aliphatic heterocycles. The van der Waals surface area contributed by atoms with Crippen molar-refractivity contribution >= 4 is 17.9 Å². The number of benzene rings is 1. The molecule has 3 heterocycles. The Bertz CT molecular complexity index is 1180. The molecule has 0 aromatic heterocycles. The third-order valence-electron chi connectivity index (χ3n) is 10.2. The van der Waals surface area contributed by atoms with Crippen molar-refractivity contribution in [3.63, 3.8) is 0 Å². The van der Waals surface area contributed by atoms with Crippen molar-refractivity contribution in [3.05, 3.63) is 40.1 Å². The van der Waals surface area contributed by atoms with Gasteiger partial charge in [-0.1, -0.05) is 0 Å². The molecule has 12 nitrogen and oxygen atoms in total. The van der Waals surface area contributed by atoms with Gasteiger partial charge in [0.1, 0.15) is 18.3 Å². The lowest BCUT2D eigenvalue weighted by Gasteiger charge is -2.59. The summed E-state index contributed by atoms with van der Waals surface area (Å²) >= 11 is 0. The number of rotatable bonds is 6. The molecule has 48 heavy (non-hydrogen) atoms. The predicted octanol–water partition coefficient (Wildman–Crippen LogP) is 6.50. The van der Waals surface area contributed by atoms with E-state index in [4.69, 9.17) is 14.2 Å². The number of hydroxylamine groups is 6. The summed E-state index contributed by atoms with van der Waals surface area (Å²) in [4.78, 5) is 41.0. The van der Waals surface area contributed by atoms with Crippen LogP contribution in [-0.4, -0.2) is 95.1 Å². The van der Waals surface area contributed by atoms with Gasteiger partial charge in [-0.05, 0) is 101 Å². The van der Waals surface area contributed by atoms with Crippen LogP contribution in [0, 0.1) is 5.21 Å². The molecule has 0 saturated carbocycles. The maximum atomic E-state index is 13.7. The lowest BCUT2D eigenvalue weighted by atomic mass is 9.80. The molecule has 12 heteroatoms. The van der Waals surface area contributed by atoms with Gasteiger partial charge in [-0.15, -0.1) is 0 Å². The van der Waals surface area contributed by atoms with Crippen LogP contribution in [0.15, 0.2) is 18.2 Å². The van der Waals surface area contributed by atoms with Crippen LogP contribution in [0.4, 0.5) is 0 Å². The predicted molar refractivity (Wildman–Crippen MR) is 179 cm³/mol. The van der Waals surface area contributed by atoms with E-state index in [1.165, 1.54) is 28.3 Å². The first kappa shape index (κ1) is 38.2. The molecule has 4 rings (SSSR count). The fourth-order valence-corrected chi connectivity index (χ4v) is 8.42. The van der Waals surface area contributed by atoms with Crippen LogP contribution >= 0.6 is 0 Å². The molecular weight excluding hydrogens is 618 g/mol. The van der Waals surface area contributed by atoms with Crippen molar-refractivity contribution in [2.24, 2.45) is 0 Å². The third kappa shape index (κ3) is 7.89. The molecular formula is C36H56N3O9-. The van der Waals surface area contributed by atoms with Gasteiger partial charge in [-0.3, -0.25) is 0 Å². The molecule has 1 aromatic carbocycles. The smallest absolute Gasteiger partial charge is 0.338 e. The summed E-state index contributed by atoms with van der Waals surface area (Å²) in [5, 5.41) is 37.9. The van der Waals surface area contributed by atoms with Crippen molar-refractivity contribution in [3.8, 4) is 0 Å². The fourth-order valence-electron chi connectivity index (χ4n) is 8.42. The van der Waals surface area contributed by atoms with Crippen LogP contribution in [0.25, 0.3) is 0 Å². The normalized spacial score (nSPS) is 26.1. The zero-order chi connectivity index (χ0) is 36.4. The molecule has 1 aromatic rings. The van der Waals surface area contributed by atoms with E-state index in [0.29, 0.717) is 38.5 Å². The number of carbonyl (C=O) groups is 3. The van der Waals surface area contributed by atoms with E-state index in [-0.39, 0.29) is 16.7 Å². The highest BCUT2D eigenvalue weighted by Crippen LogP contribution is 2.41. The van der Waals surface area contributed by atoms with Crippen LogP contribution < -0.4 is 0 Å². The quantitative estimate of drug-likeness (QED) is 0.250. The molecule has 0 bridgehead atoms. The molecule has 0 radical (unpaired) electrons. The maximum absolute atomic E-state index is 13.7. The average molecular weight is 675 g/mol. The Morgan fingerprint density at radius 2 is 0.729 bits per heavy atom. The van der Waals surface area contributed by atoms with Gasteiger partial charge in [-0.2, -0.15) is 10.1 Å². The number of hydrogen-bond acceptors (Lipinski definition) is 12. The molecule has 0 aliphatic carbocycles. The summed E-state index contributed by atoms with van der Waals surface area (Å²) in [6, 6.07) is 4.07. The molecule has 0 spiro atoms. The number of carbonyl (C=O) groups excluding carboxylic acids is 3. The summed E-state index contributed by atoms with van der Waals surface area (Å²) in [5.41, 5.74) is -4.26. The van der Waals surface area contributed by atoms with Crippen molar-refractivity contribution < 1.29 is 39.0 Å². The Hall–Kier alpha value is -2.61. The largest absolute Gasteiger partial charge is 0.784 e. The monoisotopic (exact) mass is 674 g/mol. The molecule has 2 N–H and O–H groups in total. The highest BCUT2D eigenvalue weighted by Gasteiger charge is 2.48. The van der Waals surface area contributed by atoms with E-state index in [1.54, 1.807) is 27.7 Å². The number of nitrogens with zero attached hydrogens (tertiary/aromatic N) is 3. The van der Waals surface area contributed by atoms with Gasteiger partial charge in [0.05, 0.1) is 16.7 Å². The van der Waals surface area contributed by atoms with Crippen LogP contribution in [0.3, 0.4) is 0 Å². The minimum Gasteiger partial charge on any atom is -0.784 e. The average Bonchev–Trinajstić information content (AvgIpc) is 2.92. The highest BCUT2D eigenvalue weighted by atomic mass is 16.6. The van der Waals surface area contributed by atoms with Crippen LogP contribution in [0.5, 0.6) is 0 Å². The van der Waals surface area contributed by atoms with E-state index >= 15 is 0 Å². The van der Waals surface area contributed by atoms with E-state index in [2.05, 4.69) is 0 Å². The van der Waals surface area contributed by atoms with Crippen LogP contribution in [0.1, 0.15) is 153 Å². The molecule has 3 aliphatic rings. The lowest BCUT2D eigenvalue weighted by molar-refractivity contribution is -0.256. The first-order valence-electron chi connectivity index (χ1n) is 16.9. The summed E-state index contributed by atoms with van der Waals surface area (Å²) in [5.74, 6) is -2.18. The van der Waals surface area contributed by atoms with E-state index in [9.17, 15) is 30.0 Å². The fraction of sp³-hybridized carbons (Fsp3) is 0.750. The maximum Gasteiger partial charge on any atom is 0.338 e. The minimum absolute atomic E-state index is 0.0145. The van der Waals surface area contributed by atoms with Gasteiger partial charge in [0.15, 0.2) is 0 Å². The number of hydrogen-bond donors (Lipinski definition) is 2. The van der Waals surface area contributed by atoms with Gasteiger partial charge in [0.2, 0.25) is 0 Å². The molecule has 0 amide bonds. The number of piperidine rings is 3. The Balaban J connectivity index is 1.64. The summed E-state index contributed by atoms with van der Waals surface area (Å²) in [6.45, 7) is 22.1. The second-order valence-electron chi connectivity index (χ2n) is 17.9. The Morgan fingerprint density at radius 3 is 0.958 bits per heavy atom. The second kappa shape index (κ2) is 12.6. The van der Waals surface area contributed by atoms with Crippen LogP contribution in [-0.2, 0) is 14.2 Å². The Kier molecular flexibility index (Phi) is 10.0. The molecule has 3 fully saturated rings. The summed E-state index contributed by atoms with van der Waals surface area (Å²) in [7, 11) is 0. The van der Waals surface area contributed by atoms with Crippen molar-refractivity contribution in [1.29, 1.82) is 0 Å². The first-order chi connectivity index (χ1) is 21.7. The SMILES string of the molecule is CC1(C)CC(OC(=O)c2cc(C(=O)OC3CC(C)(C)N(O)C(C)(C)C3)cc(C(=O)OC3CC(C)(C)N(O)C(C)(C)C3)c2)CC(C)(C)N1[O-]. The van der Waals surface area contributed by atoms with Gasteiger partial charge in [0, 0.05) is 71.8 Å². The number of esters is 3. The van der Waals surface area contributed by atoms with Crippen molar-refractivity contribution in [2.45, 2.75) is 173 Å². The van der Waals surface area contributed by atoms with Crippen molar-refractivity contribution in [2.75, 3.05) is 0 Å².